The van der Waals surface area contributed by atoms with Crippen molar-refractivity contribution in [1.29, 1.82) is 0 Å². The average molecular weight is 264 g/mol. The summed E-state index contributed by atoms with van der Waals surface area (Å²) in [5.41, 5.74) is 5.18. The lowest BCUT2D eigenvalue weighted by Crippen LogP contribution is -1.82. The van der Waals surface area contributed by atoms with Crippen molar-refractivity contribution in [3.8, 4) is 0 Å². The third-order valence-electron chi connectivity index (χ3n) is 2.60. The van der Waals surface area contributed by atoms with Gasteiger partial charge < -0.3 is 0 Å². The lowest BCUT2D eigenvalue weighted by Gasteiger charge is -1.97. The van der Waals surface area contributed by atoms with Crippen LogP contribution in [0.5, 0.6) is 0 Å². The molecule has 0 fully saturated rings. The highest BCUT2D eigenvalue weighted by molar-refractivity contribution is 5.51. The molecule has 0 spiro atoms. The Morgan fingerprint density at radius 3 is 1.80 bits per heavy atom. The van der Waals surface area contributed by atoms with Crippen LogP contribution in [-0.2, 0) is 6.42 Å². The monoisotopic (exact) mass is 264 g/mol. The van der Waals surface area contributed by atoms with E-state index in [0.29, 0.717) is 0 Å². The van der Waals surface area contributed by atoms with Gasteiger partial charge in [-0.2, -0.15) is 0 Å². The zero-order chi connectivity index (χ0) is 14.8. The Morgan fingerprint density at radius 1 is 0.850 bits per heavy atom. The molecule has 0 unspecified atom stereocenters. The normalized spacial score (nSPS) is 9.15. The van der Waals surface area contributed by atoms with Crippen LogP contribution in [0.4, 0.5) is 0 Å². The highest BCUT2D eigenvalue weighted by Crippen LogP contribution is 2.04. The maximum atomic E-state index is 3.85. The second-order valence-electron chi connectivity index (χ2n) is 5.25. The molecule has 104 valence electrons. The second-order valence-corrected chi connectivity index (χ2v) is 5.25. The van der Waals surface area contributed by atoms with Crippen LogP contribution in [0, 0.1) is 0 Å². The average Bonchev–Trinajstić information content (AvgIpc) is 2.40. The van der Waals surface area contributed by atoms with E-state index >= 15 is 0 Å². The van der Waals surface area contributed by atoms with E-state index in [1.54, 1.807) is 0 Å². The number of allylic oxidation sites excluding steroid dienone is 2. The van der Waals surface area contributed by atoms with Crippen molar-refractivity contribution in [3.63, 3.8) is 0 Å². The Hall–Kier alpha value is -2.08. The molecular formula is C20H24. The van der Waals surface area contributed by atoms with Gasteiger partial charge in [0.1, 0.15) is 0 Å². The first-order valence-electron chi connectivity index (χ1n) is 6.96. The maximum absolute atomic E-state index is 3.85. The molecule has 0 nitrogen and oxygen atoms in total. The molecule has 0 saturated heterocycles. The summed E-state index contributed by atoms with van der Waals surface area (Å²) in [6, 6.07) is 20.7. The summed E-state index contributed by atoms with van der Waals surface area (Å²) in [5.74, 6) is 0. The molecule has 0 aromatic heterocycles. The molecule has 2 aromatic carbocycles. The molecule has 0 aliphatic heterocycles. The van der Waals surface area contributed by atoms with Crippen LogP contribution in [0.2, 0.25) is 0 Å². The van der Waals surface area contributed by atoms with Crippen molar-refractivity contribution in [1.82, 2.24) is 0 Å². The largest absolute Gasteiger partial charge is 0.0998 e. The summed E-state index contributed by atoms with van der Waals surface area (Å²) >= 11 is 0. The molecule has 0 bridgehead atoms. The zero-order valence-electron chi connectivity index (χ0n) is 12.8. The Bertz CT molecular complexity index is 529. The maximum Gasteiger partial charge on any atom is -0.00726 e. The van der Waals surface area contributed by atoms with Gasteiger partial charge in [-0.25, -0.2) is 0 Å². The summed E-state index contributed by atoms with van der Waals surface area (Å²) in [7, 11) is 0. The smallest absolute Gasteiger partial charge is 0.00726 e. The third kappa shape index (κ3) is 7.38. The molecule has 0 amide bonds. The molecule has 0 saturated carbocycles. The summed E-state index contributed by atoms with van der Waals surface area (Å²) in [6.45, 7) is 10.1. The molecule has 0 radical (unpaired) electrons. The van der Waals surface area contributed by atoms with Gasteiger partial charge in [0.25, 0.3) is 0 Å². The summed E-state index contributed by atoms with van der Waals surface area (Å²) in [4.78, 5) is 0. The van der Waals surface area contributed by atoms with Crippen molar-refractivity contribution in [3.05, 3.63) is 89.5 Å². The fraction of sp³-hybridized carbons (Fsp3) is 0.200. The molecule has 0 heterocycles. The van der Waals surface area contributed by atoms with Gasteiger partial charge in [0.05, 0.1) is 0 Å². The van der Waals surface area contributed by atoms with Gasteiger partial charge in [0.2, 0.25) is 0 Å². The van der Waals surface area contributed by atoms with Gasteiger partial charge in [-0.1, -0.05) is 84.5 Å². The summed E-state index contributed by atoms with van der Waals surface area (Å²) in [5, 5.41) is 0. The first-order valence-corrected chi connectivity index (χ1v) is 6.96. The topological polar surface area (TPSA) is 0 Å². The molecule has 0 heteroatoms. The predicted molar refractivity (Wildman–Crippen MR) is 90.7 cm³/mol. The van der Waals surface area contributed by atoms with E-state index in [2.05, 4.69) is 75.0 Å². The molecule has 0 aliphatic carbocycles. The van der Waals surface area contributed by atoms with E-state index in [1.165, 1.54) is 22.3 Å². The molecule has 0 N–H and O–H groups in total. The molecule has 0 atom stereocenters. The fourth-order valence-electron chi connectivity index (χ4n) is 1.83. The van der Waals surface area contributed by atoms with Crippen molar-refractivity contribution in [2.24, 2.45) is 0 Å². The molecule has 2 aromatic rings. The van der Waals surface area contributed by atoms with Crippen LogP contribution >= 0.6 is 0 Å². The van der Waals surface area contributed by atoms with Crippen molar-refractivity contribution < 1.29 is 0 Å². The van der Waals surface area contributed by atoms with Crippen molar-refractivity contribution in [2.45, 2.75) is 27.2 Å². The van der Waals surface area contributed by atoms with Crippen LogP contribution in [0.15, 0.2) is 78.4 Å². The molecule has 0 aliphatic rings. The van der Waals surface area contributed by atoms with E-state index < -0.39 is 0 Å². The first kappa shape index (κ1) is 16.0. The van der Waals surface area contributed by atoms with Crippen LogP contribution < -0.4 is 0 Å². The predicted octanol–water partition coefficient (Wildman–Crippen LogP) is 5.92. The Morgan fingerprint density at radius 2 is 1.35 bits per heavy atom. The molecular weight excluding hydrogens is 240 g/mol. The SMILES string of the molecule is C=C(C)Cc1ccccc1.CC(C)=Cc1ccccc1. The lowest BCUT2D eigenvalue weighted by molar-refractivity contribution is 1.15. The Balaban J connectivity index is 0.000000200. The van der Waals surface area contributed by atoms with Gasteiger partial charge in [-0.3, -0.25) is 0 Å². The number of rotatable bonds is 3. The van der Waals surface area contributed by atoms with E-state index in [0.717, 1.165) is 6.42 Å². The van der Waals surface area contributed by atoms with E-state index in [9.17, 15) is 0 Å². The van der Waals surface area contributed by atoms with Gasteiger partial charge in [0, 0.05) is 0 Å². The van der Waals surface area contributed by atoms with Crippen LogP contribution in [0.3, 0.4) is 0 Å². The minimum absolute atomic E-state index is 1.00. The number of benzene rings is 2. The Kier molecular flexibility index (Phi) is 7.13. The van der Waals surface area contributed by atoms with E-state index in [4.69, 9.17) is 0 Å². The molecule has 2 rings (SSSR count). The fourth-order valence-corrected chi connectivity index (χ4v) is 1.83. The van der Waals surface area contributed by atoms with E-state index in [-0.39, 0.29) is 0 Å². The second kappa shape index (κ2) is 8.92. The van der Waals surface area contributed by atoms with Crippen molar-refractivity contribution in [2.75, 3.05) is 0 Å². The zero-order valence-corrected chi connectivity index (χ0v) is 12.8. The van der Waals surface area contributed by atoms with Gasteiger partial charge in [-0.15, -0.1) is 0 Å². The number of hydrogen-bond acceptors (Lipinski definition) is 0. The highest BCUT2D eigenvalue weighted by Gasteiger charge is 1.88. The van der Waals surface area contributed by atoms with Crippen LogP contribution in [0.1, 0.15) is 31.9 Å². The summed E-state index contributed by atoms with van der Waals surface area (Å²) < 4.78 is 0. The van der Waals surface area contributed by atoms with Crippen molar-refractivity contribution >= 4 is 6.08 Å². The van der Waals surface area contributed by atoms with Gasteiger partial charge in [-0.05, 0) is 38.3 Å². The Labute approximate surface area is 123 Å². The quantitative estimate of drug-likeness (QED) is 0.604. The van der Waals surface area contributed by atoms with Crippen LogP contribution in [0.25, 0.3) is 6.08 Å². The van der Waals surface area contributed by atoms with Crippen LogP contribution in [-0.4, -0.2) is 0 Å². The third-order valence-corrected chi connectivity index (χ3v) is 2.60. The van der Waals surface area contributed by atoms with E-state index in [1.807, 2.05) is 19.1 Å². The number of hydrogen-bond donors (Lipinski definition) is 0. The lowest BCUT2D eigenvalue weighted by atomic mass is 10.1. The molecule has 20 heavy (non-hydrogen) atoms. The standard InChI is InChI=1S/2C10H12/c2*1-9(2)8-10-6-4-3-5-7-10/h3-8H,1-2H3;3-7H,1,8H2,2H3. The highest BCUT2D eigenvalue weighted by atomic mass is 13.9. The minimum Gasteiger partial charge on any atom is -0.0998 e. The van der Waals surface area contributed by atoms with Gasteiger partial charge >= 0.3 is 0 Å². The van der Waals surface area contributed by atoms with Gasteiger partial charge in [0.15, 0.2) is 0 Å². The first-order chi connectivity index (χ1) is 9.58. The summed E-state index contributed by atoms with van der Waals surface area (Å²) in [6.07, 6.45) is 3.17. The minimum atomic E-state index is 1.00.